The first-order chi connectivity index (χ1) is 8.75. The third kappa shape index (κ3) is 4.38. The van der Waals surface area contributed by atoms with Gasteiger partial charge in [-0.3, -0.25) is 9.59 Å². The van der Waals surface area contributed by atoms with Gasteiger partial charge < -0.3 is 15.0 Å². The van der Waals surface area contributed by atoms with Gasteiger partial charge in [-0.25, -0.2) is 0 Å². The molecule has 1 saturated heterocycles. The zero-order chi connectivity index (χ0) is 14.6. The van der Waals surface area contributed by atoms with Gasteiger partial charge in [0.2, 0.25) is 11.8 Å². The second kappa shape index (κ2) is 6.23. The lowest BCUT2D eigenvalue weighted by Gasteiger charge is -2.40. The van der Waals surface area contributed by atoms with E-state index in [1.165, 1.54) is 14.0 Å². The molecule has 2 atom stereocenters. The fourth-order valence-electron chi connectivity index (χ4n) is 2.20. The summed E-state index contributed by atoms with van der Waals surface area (Å²) in [6.07, 6.45) is -4.49. The van der Waals surface area contributed by atoms with E-state index in [0.717, 1.165) is 4.90 Å². The minimum atomic E-state index is -4.47. The van der Waals surface area contributed by atoms with Crippen LogP contribution in [0, 0.1) is 0 Å². The Morgan fingerprint density at radius 1 is 1.37 bits per heavy atom. The molecule has 0 radical (unpaired) electrons. The average molecular weight is 282 g/mol. The summed E-state index contributed by atoms with van der Waals surface area (Å²) in [6, 6.07) is -2.25. The lowest BCUT2D eigenvalue weighted by molar-refractivity contribution is -0.198. The van der Waals surface area contributed by atoms with Crippen molar-refractivity contribution in [3.63, 3.8) is 0 Å². The van der Waals surface area contributed by atoms with Gasteiger partial charge in [-0.05, 0) is 12.8 Å². The molecule has 1 rings (SSSR count). The maximum atomic E-state index is 12.9. The highest BCUT2D eigenvalue weighted by Crippen LogP contribution is 2.32. The summed E-state index contributed by atoms with van der Waals surface area (Å²) in [4.78, 5) is 23.3. The van der Waals surface area contributed by atoms with Crippen molar-refractivity contribution in [2.24, 2.45) is 0 Å². The molecule has 1 fully saturated rings. The molecule has 1 heterocycles. The van der Waals surface area contributed by atoms with E-state index in [1.807, 2.05) is 0 Å². The van der Waals surface area contributed by atoms with Gasteiger partial charge in [-0.2, -0.15) is 13.2 Å². The Balaban J connectivity index is 2.80. The van der Waals surface area contributed by atoms with Gasteiger partial charge in [-0.15, -0.1) is 0 Å². The molecule has 1 aliphatic heterocycles. The van der Waals surface area contributed by atoms with Crippen molar-refractivity contribution in [2.75, 3.05) is 20.3 Å². The first-order valence-electron chi connectivity index (χ1n) is 5.88. The predicted molar refractivity (Wildman–Crippen MR) is 60.3 cm³/mol. The second-order valence-electron chi connectivity index (χ2n) is 4.51. The van der Waals surface area contributed by atoms with E-state index in [4.69, 9.17) is 0 Å². The van der Waals surface area contributed by atoms with Gasteiger partial charge in [0.1, 0.15) is 12.6 Å². The molecule has 2 amide bonds. The standard InChI is InChI=1S/C11H17F3N2O3/c1-7(17)15-8-3-4-9(11(12,13)14)16(5-8)10(18)6-19-2/h8-9H,3-6H2,1-2H3,(H,15,17). The van der Waals surface area contributed by atoms with Crippen molar-refractivity contribution < 1.29 is 27.5 Å². The van der Waals surface area contributed by atoms with Gasteiger partial charge in [0, 0.05) is 26.6 Å². The van der Waals surface area contributed by atoms with Crippen molar-refractivity contribution in [3.05, 3.63) is 0 Å². The van der Waals surface area contributed by atoms with Gasteiger partial charge >= 0.3 is 6.18 Å². The van der Waals surface area contributed by atoms with E-state index >= 15 is 0 Å². The van der Waals surface area contributed by atoms with E-state index in [9.17, 15) is 22.8 Å². The van der Waals surface area contributed by atoms with Crippen molar-refractivity contribution in [1.29, 1.82) is 0 Å². The monoisotopic (exact) mass is 282 g/mol. The number of nitrogens with zero attached hydrogens (tertiary/aromatic N) is 1. The molecular formula is C11H17F3N2O3. The summed E-state index contributed by atoms with van der Waals surface area (Å²) in [6.45, 7) is 0.739. The van der Waals surface area contributed by atoms with E-state index in [0.29, 0.717) is 0 Å². The number of carbonyl (C=O) groups is 2. The quantitative estimate of drug-likeness (QED) is 0.828. The SMILES string of the molecule is COCC(=O)N1CC(NC(C)=O)CCC1C(F)(F)F. The highest BCUT2D eigenvalue weighted by molar-refractivity contribution is 5.78. The number of ether oxygens (including phenoxy) is 1. The number of nitrogens with one attached hydrogen (secondary N) is 1. The van der Waals surface area contributed by atoms with Crippen molar-refractivity contribution >= 4 is 11.8 Å². The Hall–Kier alpha value is -1.31. The molecular weight excluding hydrogens is 265 g/mol. The molecule has 2 unspecified atom stereocenters. The van der Waals surface area contributed by atoms with Gasteiger partial charge in [0.25, 0.3) is 0 Å². The lowest BCUT2D eigenvalue weighted by Crippen LogP contribution is -2.58. The van der Waals surface area contributed by atoms with Crippen LogP contribution in [0.1, 0.15) is 19.8 Å². The number of piperidine rings is 1. The maximum absolute atomic E-state index is 12.9. The average Bonchev–Trinajstić information content (AvgIpc) is 2.26. The largest absolute Gasteiger partial charge is 0.408 e. The van der Waals surface area contributed by atoms with Crippen LogP contribution < -0.4 is 5.32 Å². The number of hydrogen-bond acceptors (Lipinski definition) is 3. The highest BCUT2D eigenvalue weighted by Gasteiger charge is 2.47. The maximum Gasteiger partial charge on any atom is 0.408 e. The van der Waals surface area contributed by atoms with Crippen molar-refractivity contribution in [1.82, 2.24) is 10.2 Å². The van der Waals surface area contributed by atoms with Crippen LogP contribution in [0.5, 0.6) is 0 Å². The van der Waals surface area contributed by atoms with Gasteiger partial charge in [0.05, 0.1) is 0 Å². The number of rotatable bonds is 3. The third-order valence-electron chi connectivity index (χ3n) is 2.96. The summed E-state index contributed by atoms with van der Waals surface area (Å²) >= 11 is 0. The van der Waals surface area contributed by atoms with Crippen LogP contribution >= 0.6 is 0 Å². The second-order valence-corrected chi connectivity index (χ2v) is 4.51. The first-order valence-corrected chi connectivity index (χ1v) is 5.88. The Bertz CT molecular complexity index is 347. The molecule has 0 spiro atoms. The summed E-state index contributed by atoms with van der Waals surface area (Å²) in [7, 11) is 1.25. The third-order valence-corrected chi connectivity index (χ3v) is 2.96. The minimum Gasteiger partial charge on any atom is -0.375 e. The number of carbonyl (C=O) groups excluding carboxylic acids is 2. The summed E-state index contributed by atoms with van der Waals surface area (Å²) in [5.41, 5.74) is 0. The van der Waals surface area contributed by atoms with Crippen LogP contribution in [0.4, 0.5) is 13.2 Å². The Morgan fingerprint density at radius 3 is 2.47 bits per heavy atom. The Morgan fingerprint density at radius 2 is 2.00 bits per heavy atom. The fraction of sp³-hybridized carbons (Fsp3) is 0.818. The molecule has 0 aromatic carbocycles. The molecule has 19 heavy (non-hydrogen) atoms. The van der Waals surface area contributed by atoms with Crippen LogP contribution in [0.2, 0.25) is 0 Å². The Kier molecular flexibility index (Phi) is 5.16. The number of methoxy groups -OCH3 is 1. The van der Waals surface area contributed by atoms with Crippen molar-refractivity contribution in [3.8, 4) is 0 Å². The first kappa shape index (κ1) is 15.7. The lowest BCUT2D eigenvalue weighted by atomic mass is 9.97. The smallest absolute Gasteiger partial charge is 0.375 e. The molecule has 1 N–H and O–H groups in total. The van der Waals surface area contributed by atoms with Crippen molar-refractivity contribution in [2.45, 2.75) is 38.0 Å². The van der Waals surface area contributed by atoms with Gasteiger partial charge in [0.15, 0.2) is 0 Å². The molecule has 5 nitrogen and oxygen atoms in total. The van der Waals surface area contributed by atoms with Crippen LogP contribution in [-0.2, 0) is 14.3 Å². The molecule has 0 aromatic heterocycles. The number of hydrogen-bond donors (Lipinski definition) is 1. The molecule has 110 valence electrons. The van der Waals surface area contributed by atoms with Gasteiger partial charge in [-0.1, -0.05) is 0 Å². The summed E-state index contributed by atoms with van der Waals surface area (Å²) < 4.78 is 43.2. The number of alkyl halides is 3. The number of likely N-dealkylation sites (tertiary alicyclic amines) is 1. The topological polar surface area (TPSA) is 58.6 Å². The van der Waals surface area contributed by atoms with E-state index in [2.05, 4.69) is 10.1 Å². The molecule has 8 heteroatoms. The van der Waals surface area contributed by atoms with Crippen LogP contribution in [-0.4, -0.2) is 55.2 Å². The van der Waals surface area contributed by atoms with Crippen LogP contribution in [0.3, 0.4) is 0 Å². The number of amides is 2. The highest BCUT2D eigenvalue weighted by atomic mass is 19.4. The zero-order valence-corrected chi connectivity index (χ0v) is 10.8. The van der Waals surface area contributed by atoms with E-state index in [-0.39, 0.29) is 25.3 Å². The Labute approximate surface area is 109 Å². The van der Waals surface area contributed by atoms with Crippen LogP contribution in [0.25, 0.3) is 0 Å². The normalized spacial score (nSPS) is 24.2. The van der Waals surface area contributed by atoms with E-state index in [1.54, 1.807) is 0 Å². The minimum absolute atomic E-state index is 0.147. The number of halogens is 3. The summed E-state index contributed by atoms with van der Waals surface area (Å²) in [5, 5.41) is 2.54. The molecule has 0 bridgehead atoms. The summed E-state index contributed by atoms with van der Waals surface area (Å²) in [5.74, 6) is -1.05. The molecule has 0 aromatic rings. The molecule has 1 aliphatic rings. The zero-order valence-electron chi connectivity index (χ0n) is 10.8. The van der Waals surface area contributed by atoms with Crippen LogP contribution in [0.15, 0.2) is 0 Å². The molecule has 0 saturated carbocycles. The predicted octanol–water partition coefficient (Wildman–Crippen LogP) is 0.691. The fourth-order valence-corrected chi connectivity index (χ4v) is 2.20. The van der Waals surface area contributed by atoms with E-state index < -0.39 is 30.8 Å². The molecule has 0 aliphatic carbocycles.